The monoisotopic (exact) mass is 429 g/mol. The number of phenols is 1. The molecule has 4 nitrogen and oxygen atoms in total. The van der Waals surface area contributed by atoms with E-state index in [2.05, 4.69) is 6.58 Å². The Morgan fingerprint density at radius 2 is 2.14 bits per heavy atom. The van der Waals surface area contributed by atoms with Gasteiger partial charge in [-0.25, -0.2) is 0 Å². The number of rotatable bonds is 6. The van der Waals surface area contributed by atoms with Crippen molar-refractivity contribution in [3.63, 3.8) is 0 Å². The van der Waals surface area contributed by atoms with Gasteiger partial charge in [0, 0.05) is 10.5 Å². The summed E-state index contributed by atoms with van der Waals surface area (Å²) >= 11 is 8.32. The van der Waals surface area contributed by atoms with E-state index in [1.807, 2.05) is 36.6 Å². The van der Waals surface area contributed by atoms with E-state index < -0.39 is 0 Å². The van der Waals surface area contributed by atoms with Crippen LogP contribution in [0.3, 0.4) is 0 Å². The molecule has 144 valence electrons. The average Bonchev–Trinajstić information content (AvgIpc) is 2.97. The number of thiocarbonyl (C=S) groups is 1. The molecule has 1 aliphatic heterocycles. The Hall–Kier alpha value is -2.22. The number of allylic oxidation sites excluding steroid dienone is 1. The number of carbonyl (C=O) groups is 1. The lowest BCUT2D eigenvalue weighted by Gasteiger charge is -2.15. The minimum atomic E-state index is -0.162. The molecule has 1 aliphatic rings. The zero-order chi connectivity index (χ0) is 20.3. The first-order valence-corrected chi connectivity index (χ1v) is 10.9. The van der Waals surface area contributed by atoms with Crippen LogP contribution in [0.5, 0.6) is 11.5 Å². The third-order valence-electron chi connectivity index (χ3n) is 4.16. The second kappa shape index (κ2) is 8.86. The van der Waals surface area contributed by atoms with E-state index in [-0.39, 0.29) is 11.7 Å². The van der Waals surface area contributed by atoms with Crippen LogP contribution >= 0.6 is 35.7 Å². The zero-order valence-electron chi connectivity index (χ0n) is 15.5. The first-order valence-electron chi connectivity index (χ1n) is 8.41. The van der Waals surface area contributed by atoms with Crippen LogP contribution < -0.4 is 9.64 Å². The first kappa shape index (κ1) is 20.5. The number of methoxy groups -OCH3 is 1. The van der Waals surface area contributed by atoms with Gasteiger partial charge in [0.15, 0.2) is 15.8 Å². The fourth-order valence-electron chi connectivity index (χ4n) is 2.83. The molecular weight excluding hydrogens is 410 g/mol. The predicted molar refractivity (Wildman–Crippen MR) is 122 cm³/mol. The second-order valence-corrected chi connectivity index (χ2v) is 8.50. The molecule has 7 heteroatoms. The van der Waals surface area contributed by atoms with Gasteiger partial charge in [-0.3, -0.25) is 9.69 Å². The molecular formula is C21H19NO3S3. The summed E-state index contributed by atoms with van der Waals surface area (Å²) in [7, 11) is 1.49. The molecule has 1 amide bonds. The number of carbonyl (C=O) groups excluding carboxylic acids is 1. The van der Waals surface area contributed by atoms with E-state index in [9.17, 15) is 9.90 Å². The first-order chi connectivity index (χ1) is 13.5. The van der Waals surface area contributed by atoms with Crippen LogP contribution in [0.25, 0.3) is 6.08 Å². The van der Waals surface area contributed by atoms with Crippen LogP contribution in [0.1, 0.15) is 11.1 Å². The summed E-state index contributed by atoms with van der Waals surface area (Å²) in [5.41, 5.74) is 2.20. The lowest BCUT2D eigenvalue weighted by atomic mass is 10.1. The van der Waals surface area contributed by atoms with Gasteiger partial charge in [-0.05, 0) is 54.6 Å². The Morgan fingerprint density at radius 1 is 1.36 bits per heavy atom. The van der Waals surface area contributed by atoms with E-state index in [0.717, 1.165) is 16.1 Å². The molecule has 1 saturated heterocycles. The average molecular weight is 430 g/mol. The molecule has 0 saturated carbocycles. The third kappa shape index (κ3) is 4.11. The highest BCUT2D eigenvalue weighted by atomic mass is 32.2. The van der Waals surface area contributed by atoms with Crippen LogP contribution in [-0.4, -0.2) is 28.7 Å². The molecule has 1 N–H and O–H groups in total. The van der Waals surface area contributed by atoms with E-state index in [4.69, 9.17) is 17.0 Å². The SMILES string of the molecule is C=CCc1cc(/C=C2\SC(=S)N(c3cccc(SC)c3)C2=O)cc(OC)c1O. The van der Waals surface area contributed by atoms with Crippen molar-refractivity contribution in [2.45, 2.75) is 11.3 Å². The van der Waals surface area contributed by atoms with Crippen LogP contribution in [0.15, 0.2) is 58.9 Å². The van der Waals surface area contributed by atoms with Crippen molar-refractivity contribution < 1.29 is 14.6 Å². The van der Waals surface area contributed by atoms with Crippen molar-refractivity contribution in [1.82, 2.24) is 0 Å². The molecule has 3 rings (SSSR count). The number of benzene rings is 2. The molecule has 0 spiro atoms. The highest BCUT2D eigenvalue weighted by molar-refractivity contribution is 8.27. The van der Waals surface area contributed by atoms with E-state index in [1.165, 1.54) is 18.9 Å². The molecule has 0 radical (unpaired) electrons. The van der Waals surface area contributed by atoms with Crippen molar-refractivity contribution in [3.05, 3.63) is 65.1 Å². The normalized spacial score (nSPS) is 15.4. The van der Waals surface area contributed by atoms with Gasteiger partial charge in [-0.1, -0.05) is 36.1 Å². The summed E-state index contributed by atoms with van der Waals surface area (Å²) in [5.74, 6) is 0.278. The van der Waals surface area contributed by atoms with Crippen LogP contribution in [0.2, 0.25) is 0 Å². The molecule has 0 aromatic heterocycles. The Morgan fingerprint density at radius 3 is 2.82 bits per heavy atom. The molecule has 28 heavy (non-hydrogen) atoms. The largest absolute Gasteiger partial charge is 0.504 e. The van der Waals surface area contributed by atoms with Crippen LogP contribution in [-0.2, 0) is 11.2 Å². The Labute approximate surface area is 178 Å². The zero-order valence-corrected chi connectivity index (χ0v) is 17.9. The fourth-order valence-corrected chi connectivity index (χ4v) is 4.58. The second-order valence-electron chi connectivity index (χ2n) is 5.94. The van der Waals surface area contributed by atoms with Crippen molar-refractivity contribution in [2.24, 2.45) is 0 Å². The Kier molecular flexibility index (Phi) is 6.49. The Balaban J connectivity index is 1.97. The summed E-state index contributed by atoms with van der Waals surface area (Å²) in [6, 6.07) is 11.2. The van der Waals surface area contributed by atoms with Crippen molar-refractivity contribution >= 4 is 57.7 Å². The number of phenolic OH excluding ortho intramolecular Hbond substituents is 1. The van der Waals surface area contributed by atoms with Crippen LogP contribution in [0, 0.1) is 0 Å². The minimum Gasteiger partial charge on any atom is -0.504 e. The van der Waals surface area contributed by atoms with Gasteiger partial charge >= 0.3 is 0 Å². The highest BCUT2D eigenvalue weighted by Gasteiger charge is 2.33. The van der Waals surface area contributed by atoms with Gasteiger partial charge < -0.3 is 9.84 Å². The third-order valence-corrected chi connectivity index (χ3v) is 6.19. The maximum atomic E-state index is 13.0. The number of anilines is 1. The van der Waals surface area contributed by atoms with E-state index in [1.54, 1.807) is 34.9 Å². The fraction of sp³-hybridized carbons (Fsp3) is 0.143. The topological polar surface area (TPSA) is 49.8 Å². The van der Waals surface area contributed by atoms with Crippen molar-refractivity contribution in [1.29, 1.82) is 0 Å². The van der Waals surface area contributed by atoms with E-state index >= 15 is 0 Å². The summed E-state index contributed by atoms with van der Waals surface area (Å²) in [4.78, 5) is 16.1. The number of nitrogens with zero attached hydrogens (tertiary/aromatic N) is 1. The molecule has 1 fully saturated rings. The number of hydrogen-bond donors (Lipinski definition) is 1. The van der Waals surface area contributed by atoms with Gasteiger partial charge in [0.25, 0.3) is 5.91 Å². The summed E-state index contributed by atoms with van der Waals surface area (Å²) in [5, 5.41) is 10.2. The molecule has 1 heterocycles. The van der Waals surface area contributed by atoms with Crippen molar-refractivity contribution in [2.75, 3.05) is 18.3 Å². The maximum Gasteiger partial charge on any atom is 0.270 e. The van der Waals surface area contributed by atoms with E-state index in [0.29, 0.717) is 27.0 Å². The summed E-state index contributed by atoms with van der Waals surface area (Å²) < 4.78 is 5.75. The predicted octanol–water partition coefficient (Wildman–Crippen LogP) is 5.26. The summed E-state index contributed by atoms with van der Waals surface area (Å²) in [6.07, 6.45) is 5.96. The standard InChI is InChI=1S/C21H19NO3S3/c1-4-6-14-9-13(10-17(25-2)19(14)23)11-18-20(24)22(21(26)28-18)15-7-5-8-16(12-15)27-3/h4-5,7-12,23H,1,6H2,2-3H3/b18-11-. The molecule has 0 atom stereocenters. The smallest absolute Gasteiger partial charge is 0.270 e. The number of hydrogen-bond acceptors (Lipinski definition) is 6. The van der Waals surface area contributed by atoms with Crippen molar-refractivity contribution in [3.8, 4) is 11.5 Å². The van der Waals surface area contributed by atoms with Gasteiger partial charge in [0.05, 0.1) is 17.7 Å². The number of aromatic hydroxyl groups is 1. The Bertz CT molecular complexity index is 985. The summed E-state index contributed by atoms with van der Waals surface area (Å²) in [6.45, 7) is 3.71. The molecule has 2 aromatic carbocycles. The van der Waals surface area contributed by atoms with Crippen LogP contribution in [0.4, 0.5) is 5.69 Å². The minimum absolute atomic E-state index is 0.0842. The quantitative estimate of drug-likeness (QED) is 0.293. The lowest BCUT2D eigenvalue weighted by Crippen LogP contribution is -2.27. The number of amides is 1. The molecule has 0 unspecified atom stereocenters. The molecule has 0 bridgehead atoms. The van der Waals surface area contributed by atoms with Gasteiger partial charge in [0.2, 0.25) is 0 Å². The highest BCUT2D eigenvalue weighted by Crippen LogP contribution is 2.38. The molecule has 2 aromatic rings. The lowest BCUT2D eigenvalue weighted by molar-refractivity contribution is -0.113. The maximum absolute atomic E-state index is 13.0. The molecule has 0 aliphatic carbocycles. The van der Waals surface area contributed by atoms with Gasteiger partial charge in [-0.2, -0.15) is 0 Å². The van der Waals surface area contributed by atoms with Gasteiger partial charge in [0.1, 0.15) is 0 Å². The number of thioether (sulfide) groups is 2. The number of ether oxygens (including phenoxy) is 1. The van der Waals surface area contributed by atoms with Gasteiger partial charge in [-0.15, -0.1) is 18.3 Å².